The molecule has 0 aliphatic carbocycles. The van der Waals surface area contributed by atoms with Crippen LogP contribution in [0.4, 0.5) is 5.82 Å². The van der Waals surface area contributed by atoms with Crippen LogP contribution in [0.25, 0.3) is 0 Å². The fourth-order valence-electron chi connectivity index (χ4n) is 1.83. The summed E-state index contributed by atoms with van der Waals surface area (Å²) in [6.07, 6.45) is 0.919. The Morgan fingerprint density at radius 3 is 3.07 bits per heavy atom. The Morgan fingerprint density at radius 1 is 1.73 bits per heavy atom. The normalized spacial score (nSPS) is 20.5. The van der Waals surface area contributed by atoms with Gasteiger partial charge in [0.05, 0.1) is 11.6 Å². The van der Waals surface area contributed by atoms with Gasteiger partial charge in [-0.05, 0) is 19.9 Å². The summed E-state index contributed by atoms with van der Waals surface area (Å²) in [6, 6.07) is 1.88. The number of rotatable bonds is 2. The molecule has 1 aliphatic heterocycles. The van der Waals surface area contributed by atoms with Gasteiger partial charge in [-0.25, -0.2) is 0 Å². The maximum Gasteiger partial charge on any atom is 0.229 e. The van der Waals surface area contributed by atoms with E-state index in [4.69, 9.17) is 0 Å². The lowest BCUT2D eigenvalue weighted by atomic mass is 10.1. The summed E-state index contributed by atoms with van der Waals surface area (Å²) in [6.45, 7) is 3.62. The number of hydrogen-bond donors (Lipinski definition) is 2. The zero-order chi connectivity index (χ0) is 10.8. The van der Waals surface area contributed by atoms with Crippen LogP contribution in [-0.2, 0) is 11.8 Å². The van der Waals surface area contributed by atoms with E-state index in [1.807, 2.05) is 20.0 Å². The van der Waals surface area contributed by atoms with Crippen LogP contribution in [0, 0.1) is 12.8 Å². The molecule has 0 radical (unpaired) electrons. The Labute approximate surface area is 88.8 Å². The van der Waals surface area contributed by atoms with Crippen LogP contribution < -0.4 is 10.6 Å². The van der Waals surface area contributed by atoms with E-state index in [0.717, 1.165) is 31.0 Å². The lowest BCUT2D eigenvalue weighted by Gasteiger charge is -2.09. The van der Waals surface area contributed by atoms with Crippen LogP contribution in [0.3, 0.4) is 0 Å². The van der Waals surface area contributed by atoms with Gasteiger partial charge in [-0.15, -0.1) is 0 Å². The second kappa shape index (κ2) is 4.02. The van der Waals surface area contributed by atoms with Gasteiger partial charge in [0.1, 0.15) is 5.82 Å². The lowest BCUT2D eigenvalue weighted by Crippen LogP contribution is -2.25. The number of aryl methyl sites for hydroxylation is 2. The van der Waals surface area contributed by atoms with Gasteiger partial charge in [0.2, 0.25) is 5.91 Å². The van der Waals surface area contributed by atoms with Crippen LogP contribution >= 0.6 is 0 Å². The average molecular weight is 208 g/mol. The van der Waals surface area contributed by atoms with E-state index in [2.05, 4.69) is 15.7 Å². The molecule has 1 aliphatic rings. The van der Waals surface area contributed by atoms with Crippen molar-refractivity contribution in [2.24, 2.45) is 13.0 Å². The summed E-state index contributed by atoms with van der Waals surface area (Å²) in [5.41, 5.74) is 0.914. The van der Waals surface area contributed by atoms with Crippen molar-refractivity contribution in [3.8, 4) is 0 Å². The Kier molecular flexibility index (Phi) is 2.73. The Morgan fingerprint density at radius 2 is 2.53 bits per heavy atom. The van der Waals surface area contributed by atoms with Crippen molar-refractivity contribution in [2.45, 2.75) is 13.3 Å². The minimum Gasteiger partial charge on any atom is -0.316 e. The van der Waals surface area contributed by atoms with Crippen LogP contribution in [0.5, 0.6) is 0 Å². The molecule has 0 saturated carbocycles. The molecule has 82 valence electrons. The number of aromatic nitrogens is 2. The smallest absolute Gasteiger partial charge is 0.229 e. The monoisotopic (exact) mass is 208 g/mol. The van der Waals surface area contributed by atoms with Crippen molar-refractivity contribution in [2.75, 3.05) is 18.4 Å². The first kappa shape index (κ1) is 10.2. The average Bonchev–Trinajstić information content (AvgIpc) is 2.76. The van der Waals surface area contributed by atoms with E-state index >= 15 is 0 Å². The summed E-state index contributed by atoms with van der Waals surface area (Å²) < 4.78 is 1.69. The fraction of sp³-hybridized carbons (Fsp3) is 0.600. The predicted octanol–water partition coefficient (Wildman–Crippen LogP) is 0.277. The minimum atomic E-state index is 0.0861. The molecule has 2 heterocycles. The van der Waals surface area contributed by atoms with Crippen LogP contribution in [0.15, 0.2) is 6.07 Å². The Bertz CT molecular complexity index is 365. The van der Waals surface area contributed by atoms with Crippen LogP contribution in [-0.4, -0.2) is 28.8 Å². The van der Waals surface area contributed by atoms with Gasteiger partial charge in [-0.1, -0.05) is 0 Å². The molecule has 1 fully saturated rings. The fourth-order valence-corrected chi connectivity index (χ4v) is 1.83. The zero-order valence-electron chi connectivity index (χ0n) is 9.08. The van der Waals surface area contributed by atoms with E-state index < -0.39 is 0 Å². The van der Waals surface area contributed by atoms with Gasteiger partial charge >= 0.3 is 0 Å². The molecule has 2 N–H and O–H groups in total. The molecule has 0 aromatic carbocycles. The Balaban J connectivity index is 2.01. The first-order valence-corrected chi connectivity index (χ1v) is 5.19. The molecule has 1 aromatic rings. The first-order valence-electron chi connectivity index (χ1n) is 5.19. The van der Waals surface area contributed by atoms with E-state index in [1.165, 1.54) is 0 Å². The molecular formula is C10H16N4O. The molecule has 2 rings (SSSR count). The highest BCUT2D eigenvalue weighted by molar-refractivity contribution is 5.92. The Hall–Kier alpha value is -1.36. The molecule has 1 amide bonds. The van der Waals surface area contributed by atoms with Crippen LogP contribution in [0.1, 0.15) is 12.1 Å². The number of nitrogens with one attached hydrogen (secondary N) is 2. The van der Waals surface area contributed by atoms with Crippen molar-refractivity contribution < 1.29 is 4.79 Å². The highest BCUT2D eigenvalue weighted by Crippen LogP contribution is 2.13. The van der Waals surface area contributed by atoms with E-state index in [9.17, 15) is 4.79 Å². The van der Waals surface area contributed by atoms with Crippen molar-refractivity contribution >= 4 is 11.7 Å². The standard InChI is InChI=1S/C10H16N4O/c1-7-5-9(14(2)13-7)12-10(15)8-3-4-11-6-8/h5,8,11H,3-4,6H2,1-2H3,(H,12,15). The van der Waals surface area contributed by atoms with Gasteiger partial charge in [0, 0.05) is 19.7 Å². The summed E-state index contributed by atoms with van der Waals surface area (Å²) >= 11 is 0. The molecular weight excluding hydrogens is 192 g/mol. The maximum atomic E-state index is 11.8. The quantitative estimate of drug-likeness (QED) is 0.733. The number of anilines is 1. The summed E-state index contributed by atoms with van der Waals surface area (Å²) in [5, 5.41) is 10.2. The van der Waals surface area contributed by atoms with Crippen molar-refractivity contribution in [3.63, 3.8) is 0 Å². The maximum absolute atomic E-state index is 11.8. The number of carbonyl (C=O) groups excluding carboxylic acids is 1. The molecule has 15 heavy (non-hydrogen) atoms. The largest absolute Gasteiger partial charge is 0.316 e. The molecule has 1 unspecified atom stereocenters. The number of amides is 1. The minimum absolute atomic E-state index is 0.0861. The van der Waals surface area contributed by atoms with Gasteiger partial charge in [0.15, 0.2) is 0 Å². The zero-order valence-corrected chi connectivity index (χ0v) is 9.08. The third-order valence-corrected chi connectivity index (χ3v) is 2.68. The van der Waals surface area contributed by atoms with Crippen molar-refractivity contribution in [3.05, 3.63) is 11.8 Å². The molecule has 5 nitrogen and oxygen atoms in total. The number of carbonyl (C=O) groups is 1. The number of hydrogen-bond acceptors (Lipinski definition) is 3. The van der Waals surface area contributed by atoms with Crippen LogP contribution in [0.2, 0.25) is 0 Å². The predicted molar refractivity (Wildman–Crippen MR) is 57.6 cm³/mol. The van der Waals surface area contributed by atoms with Gasteiger partial charge in [-0.3, -0.25) is 9.48 Å². The molecule has 5 heteroatoms. The van der Waals surface area contributed by atoms with E-state index in [0.29, 0.717) is 0 Å². The highest BCUT2D eigenvalue weighted by atomic mass is 16.2. The second-order valence-corrected chi connectivity index (χ2v) is 3.97. The third kappa shape index (κ3) is 2.18. The number of nitrogens with zero attached hydrogens (tertiary/aromatic N) is 2. The van der Waals surface area contributed by atoms with Gasteiger partial charge in [-0.2, -0.15) is 5.10 Å². The second-order valence-electron chi connectivity index (χ2n) is 3.97. The molecule has 0 spiro atoms. The molecule has 1 atom stereocenters. The first-order chi connectivity index (χ1) is 7.16. The SMILES string of the molecule is Cc1cc(NC(=O)C2CCNC2)n(C)n1. The van der Waals surface area contributed by atoms with Crippen molar-refractivity contribution in [1.82, 2.24) is 15.1 Å². The molecule has 0 bridgehead atoms. The summed E-state index contributed by atoms with van der Waals surface area (Å²) in [7, 11) is 1.83. The topological polar surface area (TPSA) is 59.0 Å². The van der Waals surface area contributed by atoms with E-state index in [1.54, 1.807) is 4.68 Å². The molecule has 1 saturated heterocycles. The lowest BCUT2D eigenvalue weighted by molar-refractivity contribution is -0.119. The van der Waals surface area contributed by atoms with Gasteiger partial charge < -0.3 is 10.6 Å². The summed E-state index contributed by atoms with van der Waals surface area (Å²) in [4.78, 5) is 11.8. The van der Waals surface area contributed by atoms with E-state index in [-0.39, 0.29) is 11.8 Å². The summed E-state index contributed by atoms with van der Waals surface area (Å²) in [5.74, 6) is 0.951. The highest BCUT2D eigenvalue weighted by Gasteiger charge is 2.22. The third-order valence-electron chi connectivity index (χ3n) is 2.68. The van der Waals surface area contributed by atoms with Gasteiger partial charge in [0.25, 0.3) is 0 Å². The molecule has 1 aromatic heterocycles. The van der Waals surface area contributed by atoms with Crippen molar-refractivity contribution in [1.29, 1.82) is 0 Å².